The first-order chi connectivity index (χ1) is 22.6. The Hall–Kier alpha value is -5.66. The molecule has 1 aliphatic rings. The van der Waals surface area contributed by atoms with Gasteiger partial charge in [-0.15, -0.1) is 0 Å². The second-order valence-corrected chi connectivity index (χ2v) is 13.0. The molecule has 1 aliphatic carbocycles. The van der Waals surface area contributed by atoms with Crippen molar-refractivity contribution in [2.24, 2.45) is 0 Å². The molecule has 1 aromatic heterocycles. The van der Waals surface area contributed by atoms with E-state index >= 15 is 0 Å². The van der Waals surface area contributed by atoms with Gasteiger partial charge in [-0.25, -0.2) is 0 Å². The highest BCUT2D eigenvalue weighted by molar-refractivity contribution is 6.14. The minimum atomic E-state index is -0.0789. The number of aromatic nitrogens is 1. The highest BCUT2D eigenvalue weighted by atomic mass is 15.0. The predicted octanol–water partition coefficient (Wildman–Crippen LogP) is 12.1. The van der Waals surface area contributed by atoms with E-state index in [9.17, 15) is 0 Å². The Balaban J connectivity index is 1.21. The van der Waals surface area contributed by atoms with E-state index in [0.717, 1.165) is 0 Å². The average molecular weight is 588 g/mol. The minimum absolute atomic E-state index is 0.0789. The Bertz CT molecular complexity index is 2350. The number of benzene rings is 7. The van der Waals surface area contributed by atoms with Crippen LogP contribution in [-0.2, 0) is 5.41 Å². The number of para-hydroxylation sites is 1. The summed E-state index contributed by atoms with van der Waals surface area (Å²) in [6.45, 7) is 4.76. The van der Waals surface area contributed by atoms with Crippen LogP contribution in [0.3, 0.4) is 0 Å². The second-order valence-electron chi connectivity index (χ2n) is 13.0. The van der Waals surface area contributed by atoms with Crippen molar-refractivity contribution >= 4 is 21.8 Å². The average Bonchev–Trinajstić information content (AvgIpc) is 3.57. The SMILES string of the molecule is CC1(C)c2ccccc2-c2ccc3c(c21)c1ccccc1n3-c1ccc(-c2cc(-c3ccccc3)cc(-c3ccccc3)c2)cc1. The van der Waals surface area contributed by atoms with Crippen LogP contribution in [0.2, 0.25) is 0 Å². The number of nitrogens with zero attached hydrogens (tertiary/aromatic N) is 1. The Kier molecular flexibility index (Phi) is 5.92. The Morgan fingerprint density at radius 1 is 0.413 bits per heavy atom. The van der Waals surface area contributed by atoms with Gasteiger partial charge in [0.25, 0.3) is 0 Å². The maximum absolute atomic E-state index is 2.45. The van der Waals surface area contributed by atoms with E-state index in [1.165, 1.54) is 83.1 Å². The molecule has 7 aromatic carbocycles. The quantitative estimate of drug-likeness (QED) is 0.193. The standard InChI is InChI=1S/C45H33N/c1-45(2)40-19-11-9-17-37(40)38-25-26-42-43(44(38)45)39-18-10-12-20-41(39)46(42)36-23-21-32(22-24-36)35-28-33(30-13-5-3-6-14-30)27-34(29-35)31-15-7-4-8-16-31/h3-29H,1-2H3. The van der Waals surface area contributed by atoms with Crippen molar-refractivity contribution < 1.29 is 0 Å². The van der Waals surface area contributed by atoms with E-state index in [2.05, 4.69) is 182 Å². The number of rotatable bonds is 4. The van der Waals surface area contributed by atoms with Crippen LogP contribution in [0.4, 0.5) is 0 Å². The van der Waals surface area contributed by atoms with Crippen LogP contribution >= 0.6 is 0 Å². The third kappa shape index (κ3) is 4.02. The van der Waals surface area contributed by atoms with Gasteiger partial charge in [-0.1, -0.05) is 135 Å². The largest absolute Gasteiger partial charge is 0.309 e. The van der Waals surface area contributed by atoms with Crippen LogP contribution in [0, 0.1) is 0 Å². The van der Waals surface area contributed by atoms with Crippen LogP contribution in [0.15, 0.2) is 164 Å². The summed E-state index contributed by atoms with van der Waals surface area (Å²) in [4.78, 5) is 0. The van der Waals surface area contributed by atoms with Crippen molar-refractivity contribution in [1.82, 2.24) is 4.57 Å². The highest BCUT2D eigenvalue weighted by Gasteiger charge is 2.37. The summed E-state index contributed by atoms with van der Waals surface area (Å²) in [5.74, 6) is 0. The summed E-state index contributed by atoms with van der Waals surface area (Å²) in [5, 5.41) is 2.67. The lowest BCUT2D eigenvalue weighted by Crippen LogP contribution is -2.15. The summed E-state index contributed by atoms with van der Waals surface area (Å²) >= 11 is 0. The number of hydrogen-bond acceptors (Lipinski definition) is 0. The molecule has 0 aliphatic heterocycles. The number of fused-ring (bicyclic) bond motifs is 7. The molecule has 0 radical (unpaired) electrons. The third-order valence-electron chi connectivity index (χ3n) is 9.96. The van der Waals surface area contributed by atoms with Gasteiger partial charge in [0.15, 0.2) is 0 Å². The minimum Gasteiger partial charge on any atom is -0.309 e. The van der Waals surface area contributed by atoms with Crippen LogP contribution in [0.5, 0.6) is 0 Å². The van der Waals surface area contributed by atoms with Gasteiger partial charge in [0.2, 0.25) is 0 Å². The first kappa shape index (κ1) is 26.7. The summed E-state index contributed by atoms with van der Waals surface area (Å²) in [7, 11) is 0. The van der Waals surface area contributed by atoms with E-state index < -0.39 is 0 Å². The lowest BCUT2D eigenvalue weighted by atomic mass is 9.80. The molecule has 1 nitrogen and oxygen atoms in total. The second kappa shape index (κ2) is 10.2. The van der Waals surface area contributed by atoms with Crippen molar-refractivity contribution in [1.29, 1.82) is 0 Å². The summed E-state index contributed by atoms with van der Waals surface area (Å²) in [5.41, 5.74) is 16.5. The topological polar surface area (TPSA) is 4.93 Å². The molecule has 1 heterocycles. The van der Waals surface area contributed by atoms with Gasteiger partial charge in [-0.05, 0) is 98.1 Å². The maximum atomic E-state index is 2.45. The van der Waals surface area contributed by atoms with E-state index in [1.54, 1.807) is 0 Å². The molecule has 9 rings (SSSR count). The molecule has 0 unspecified atom stereocenters. The lowest BCUT2D eigenvalue weighted by molar-refractivity contribution is 0.666. The summed E-state index contributed by atoms with van der Waals surface area (Å²) < 4.78 is 2.45. The molecule has 0 saturated carbocycles. The molecule has 46 heavy (non-hydrogen) atoms. The Labute approximate surface area is 270 Å². The zero-order valence-corrected chi connectivity index (χ0v) is 26.0. The molecule has 0 atom stereocenters. The van der Waals surface area contributed by atoms with E-state index in [4.69, 9.17) is 0 Å². The van der Waals surface area contributed by atoms with Gasteiger partial charge in [0, 0.05) is 21.9 Å². The molecule has 0 spiro atoms. The first-order valence-corrected chi connectivity index (χ1v) is 16.1. The van der Waals surface area contributed by atoms with Crippen molar-refractivity contribution in [3.05, 3.63) is 175 Å². The monoisotopic (exact) mass is 587 g/mol. The van der Waals surface area contributed by atoms with Gasteiger partial charge in [0.05, 0.1) is 11.0 Å². The fourth-order valence-corrected chi connectivity index (χ4v) is 7.80. The zero-order chi connectivity index (χ0) is 30.8. The van der Waals surface area contributed by atoms with Crippen molar-refractivity contribution in [2.75, 3.05) is 0 Å². The molecule has 8 aromatic rings. The van der Waals surface area contributed by atoms with Gasteiger partial charge in [0.1, 0.15) is 0 Å². The lowest BCUT2D eigenvalue weighted by Gasteiger charge is -2.22. The molecular formula is C45H33N. The number of hydrogen-bond donors (Lipinski definition) is 0. The Morgan fingerprint density at radius 3 is 1.61 bits per heavy atom. The molecule has 0 bridgehead atoms. The third-order valence-corrected chi connectivity index (χ3v) is 9.96. The van der Waals surface area contributed by atoms with Crippen LogP contribution in [0.1, 0.15) is 25.0 Å². The van der Waals surface area contributed by atoms with Crippen LogP contribution in [-0.4, -0.2) is 4.57 Å². The normalized spacial score (nSPS) is 13.2. The molecule has 0 saturated heterocycles. The van der Waals surface area contributed by atoms with E-state index in [1.807, 2.05) is 0 Å². The fraction of sp³-hybridized carbons (Fsp3) is 0.0667. The van der Waals surface area contributed by atoms with Crippen molar-refractivity contribution in [3.63, 3.8) is 0 Å². The van der Waals surface area contributed by atoms with Crippen LogP contribution in [0.25, 0.3) is 72.0 Å². The predicted molar refractivity (Wildman–Crippen MR) is 195 cm³/mol. The summed E-state index contributed by atoms with van der Waals surface area (Å²) in [6.07, 6.45) is 0. The van der Waals surface area contributed by atoms with E-state index in [-0.39, 0.29) is 5.41 Å². The molecule has 0 amide bonds. The van der Waals surface area contributed by atoms with Crippen molar-refractivity contribution in [2.45, 2.75) is 19.3 Å². The smallest absolute Gasteiger partial charge is 0.0544 e. The first-order valence-electron chi connectivity index (χ1n) is 16.1. The van der Waals surface area contributed by atoms with Crippen molar-refractivity contribution in [3.8, 4) is 50.2 Å². The van der Waals surface area contributed by atoms with Gasteiger partial charge >= 0.3 is 0 Å². The molecule has 0 fully saturated rings. The van der Waals surface area contributed by atoms with Gasteiger partial charge in [-0.3, -0.25) is 0 Å². The summed E-state index contributed by atoms with van der Waals surface area (Å²) in [6, 6.07) is 59.9. The fourth-order valence-electron chi connectivity index (χ4n) is 7.80. The Morgan fingerprint density at radius 2 is 0.957 bits per heavy atom. The van der Waals surface area contributed by atoms with Gasteiger partial charge in [-0.2, -0.15) is 0 Å². The maximum Gasteiger partial charge on any atom is 0.0544 e. The molecular weight excluding hydrogens is 555 g/mol. The van der Waals surface area contributed by atoms with Gasteiger partial charge < -0.3 is 4.57 Å². The molecule has 218 valence electrons. The van der Waals surface area contributed by atoms with E-state index in [0.29, 0.717) is 0 Å². The highest BCUT2D eigenvalue weighted by Crippen LogP contribution is 2.53. The molecule has 0 N–H and O–H groups in total. The zero-order valence-electron chi connectivity index (χ0n) is 26.0. The molecule has 1 heteroatoms. The van der Waals surface area contributed by atoms with Crippen LogP contribution < -0.4 is 0 Å².